The van der Waals surface area contributed by atoms with Gasteiger partial charge in [-0.1, -0.05) is 0 Å². The average molecular weight is 1060 g/mol. The van der Waals surface area contributed by atoms with Gasteiger partial charge in [0.05, 0.1) is 0 Å². The van der Waals surface area contributed by atoms with Gasteiger partial charge in [0.1, 0.15) is 0 Å². The fourth-order valence-electron chi connectivity index (χ4n) is 0. The van der Waals surface area contributed by atoms with Crippen molar-refractivity contribution in [2.45, 2.75) is 0 Å². The molecule has 0 N–H and O–H groups in total. The van der Waals surface area contributed by atoms with Gasteiger partial charge in [-0.2, -0.15) is 0 Å². The van der Waals surface area contributed by atoms with Crippen LogP contribution in [0, 0.1) is 0 Å². The van der Waals surface area contributed by atoms with Gasteiger partial charge in [-0.3, -0.25) is 0 Å². The molecular weight excluding hydrogens is 1060 g/mol. The normalized spacial score (nSPS) is 67.1. The summed E-state index contributed by atoms with van der Waals surface area (Å²) in [5, 5.41) is 0. The summed E-state index contributed by atoms with van der Waals surface area (Å²) in [7, 11) is 56.8. The summed E-state index contributed by atoms with van der Waals surface area (Å²) in [6.45, 7) is 0. The molecule has 0 unspecified atom stereocenters. The van der Waals surface area contributed by atoms with Crippen molar-refractivity contribution in [3.8, 4) is 0 Å². The Morgan fingerprint density at radius 2 is 0.333 bits per heavy atom. The van der Waals surface area contributed by atoms with Gasteiger partial charge < -0.3 is 0 Å². The second kappa shape index (κ2) is 0.626. The molecule has 0 spiro atoms. The van der Waals surface area contributed by atoms with Crippen LogP contribution in [-0.4, -0.2) is 0 Å². The number of rotatable bonds is 0. The fourth-order valence-corrected chi connectivity index (χ4v) is 0. The first-order valence-electron chi connectivity index (χ1n) is 2.27. The number of hydrogen-bond donors (Lipinski definition) is 0. The third-order valence-electron chi connectivity index (χ3n) is 0. The van der Waals surface area contributed by atoms with Crippen LogP contribution in [0.15, 0.2) is 0 Å². The number of hydrogen-bond acceptors (Lipinski definition) is 0. The van der Waals surface area contributed by atoms with Crippen molar-refractivity contribution in [2.24, 2.45) is 0 Å². The standard InChI is InChI=1S/8BrH.9ClH.Ru/h17*1H;/q;;;;;;;;;;;;;;;;;+17/p-17. The van der Waals surface area contributed by atoms with E-state index < -0.39 is -25.1 Å². The van der Waals surface area contributed by atoms with Crippen molar-refractivity contribution < 1.29 is -25.1 Å². The Kier molecular flexibility index (Phi) is 0.872. The van der Waals surface area contributed by atoms with Crippen LogP contribution >= 0.6 is 196 Å². The molecule has 0 aromatic heterocycles. The van der Waals surface area contributed by atoms with E-state index in [1.165, 1.54) is 0 Å². The van der Waals surface area contributed by atoms with Crippen molar-refractivity contribution in [2.75, 3.05) is 0 Å². The molecule has 0 aliphatic heterocycles. The summed E-state index contributed by atoms with van der Waals surface area (Å²) < 4.78 is -14.0. The molecule has 0 bridgehead atoms. The molecule has 0 heterocycles. The molecule has 0 aromatic rings. The molecule has 0 nitrogen and oxygen atoms in total. The monoisotopic (exact) mass is 1050 g/mol. The van der Waals surface area contributed by atoms with E-state index in [0.29, 0.717) is 0 Å². The summed E-state index contributed by atoms with van der Waals surface area (Å²) >= 11 is 16.3. The molecule has 0 saturated carbocycles. The molecule has 0 saturated heterocycles. The molecular formula is Br8Cl9Ru. The van der Waals surface area contributed by atoms with Crippen LogP contribution in [0.5, 0.6) is 0 Å². The van der Waals surface area contributed by atoms with Crippen LogP contribution in [0.1, 0.15) is 0 Å². The van der Waals surface area contributed by atoms with Gasteiger partial charge in [-0.05, 0) is 0 Å². The zero-order valence-electron chi connectivity index (χ0n) is 6.78. The van der Waals surface area contributed by atoms with Crippen molar-refractivity contribution in [1.82, 2.24) is 0 Å². The van der Waals surface area contributed by atoms with Gasteiger partial charge in [0.2, 0.25) is 0 Å². The zero-order valence-corrected chi connectivity index (χ0v) is 28.0. The summed E-state index contributed by atoms with van der Waals surface area (Å²) in [5.74, 6) is 0. The number of halogens is 17. The van der Waals surface area contributed by atoms with Crippen molar-refractivity contribution in [3.63, 3.8) is 0 Å². The van der Waals surface area contributed by atoms with Crippen LogP contribution in [-0.2, 0) is -25.1 Å². The Morgan fingerprint density at radius 3 is 0.333 bits per heavy atom. The Bertz CT molecular complexity index is 986. The van der Waals surface area contributed by atoms with Gasteiger partial charge in [-0.15, -0.1) is 0 Å². The van der Waals surface area contributed by atoms with Gasteiger partial charge >= 0.3 is 171 Å². The average Bonchev–Trinajstić information content (AvgIpc) is 0.310. The Balaban J connectivity index is 12.2. The molecule has 0 fully saturated rings. The van der Waals surface area contributed by atoms with Crippen LogP contribution in [0.25, 0.3) is 0 Å². The first kappa shape index (κ1) is 25.1. The Hall–Kier alpha value is 7.07. The van der Waals surface area contributed by atoms with E-state index in [1.54, 1.807) is 0 Å². The third kappa shape index (κ3) is 225. The second-order valence-corrected chi connectivity index (χ2v) is 658. The van der Waals surface area contributed by atoms with Gasteiger partial charge in [0.25, 0.3) is 0 Å². The maximum atomic E-state index is 6.32. The minimum atomic E-state index is -14.0. The molecule has 0 aliphatic carbocycles. The summed E-state index contributed by atoms with van der Waals surface area (Å²) in [6, 6.07) is 0. The van der Waals surface area contributed by atoms with Gasteiger partial charge in [0.15, 0.2) is 0 Å². The van der Waals surface area contributed by atoms with Crippen molar-refractivity contribution in [1.29, 1.82) is 0 Å². The quantitative estimate of drug-likeness (QED) is 0.212. The molecule has 0 aliphatic rings. The summed E-state index contributed by atoms with van der Waals surface area (Å²) in [4.78, 5) is 0. The van der Waals surface area contributed by atoms with Gasteiger partial charge in [0, 0.05) is 0 Å². The molecule has 127 valence electrons. The van der Waals surface area contributed by atoms with E-state index in [4.69, 9.17) is 87.2 Å². The Morgan fingerprint density at radius 1 is 0.333 bits per heavy atom. The van der Waals surface area contributed by atoms with E-state index in [1.807, 2.05) is 109 Å². The summed E-state index contributed by atoms with van der Waals surface area (Å²) in [6.07, 6.45) is 0. The second-order valence-electron chi connectivity index (χ2n) is 6.87. The fraction of sp³-hybridized carbons (Fsp3) is 0. The van der Waals surface area contributed by atoms with E-state index >= 15 is 0 Å². The van der Waals surface area contributed by atoms with Crippen LogP contribution in [0.3, 0.4) is 0 Å². The van der Waals surface area contributed by atoms with Gasteiger partial charge in [-0.25, -0.2) is 0 Å². The SMILES string of the molecule is [Cl][Ru]([Cl])([Cl])([Cl])([Cl])([Cl])([Cl])([Cl])([Cl])([Br])([Br])([Br])([Br])([Br])([Br])([Br])[Br]. The van der Waals surface area contributed by atoms with E-state index in [-0.39, 0.29) is 0 Å². The predicted molar refractivity (Wildman–Crippen MR) is 124 cm³/mol. The maximum absolute atomic E-state index is 14.0. The zero-order chi connectivity index (χ0) is 17.2. The molecule has 0 aromatic carbocycles. The third-order valence-corrected chi connectivity index (χ3v) is 0. The molecule has 0 amide bonds. The molecule has 0 rings (SSSR count). The molecule has 0 atom stereocenters. The topological polar surface area (TPSA) is 0 Å². The van der Waals surface area contributed by atoms with Crippen LogP contribution < -0.4 is 0 Å². The summed E-state index contributed by atoms with van der Waals surface area (Å²) in [5.41, 5.74) is 0. The van der Waals surface area contributed by atoms with E-state index in [9.17, 15) is 0 Å². The first-order chi connectivity index (χ1) is 4.12. The van der Waals surface area contributed by atoms with E-state index in [0.717, 1.165) is 0 Å². The predicted octanol–water partition coefficient (Wildman–Crippen LogP) is 13.0. The molecule has 18 heavy (non-hydrogen) atoms. The van der Waals surface area contributed by atoms with Crippen LogP contribution in [0.2, 0.25) is 0 Å². The Labute approximate surface area is 166 Å². The molecule has 18 heteroatoms. The first-order valence-corrected chi connectivity index (χ1v) is 54.2. The van der Waals surface area contributed by atoms with Crippen molar-refractivity contribution >= 4 is 196 Å². The van der Waals surface area contributed by atoms with Crippen LogP contribution in [0.4, 0.5) is 0 Å². The minimum absolute atomic E-state index is 2.04. The van der Waals surface area contributed by atoms with E-state index in [2.05, 4.69) is 0 Å². The van der Waals surface area contributed by atoms with Crippen molar-refractivity contribution in [3.05, 3.63) is 0 Å². The molecule has 0 radical (unpaired) electrons.